The molecule has 1 heterocycles. The summed E-state index contributed by atoms with van der Waals surface area (Å²) in [5.74, 6) is 0. The van der Waals surface area contributed by atoms with Gasteiger partial charge in [0.25, 0.3) is 0 Å². The van der Waals surface area contributed by atoms with Crippen molar-refractivity contribution in [1.82, 2.24) is 4.90 Å². The van der Waals surface area contributed by atoms with Gasteiger partial charge in [-0.2, -0.15) is 0 Å². The minimum absolute atomic E-state index is 0.175. The van der Waals surface area contributed by atoms with Crippen molar-refractivity contribution in [2.75, 3.05) is 26.5 Å². The monoisotopic (exact) mass is 275 g/mol. The molecule has 2 aliphatic rings. The van der Waals surface area contributed by atoms with Crippen LogP contribution in [0.4, 0.5) is 0 Å². The fraction of sp³-hybridized carbons (Fsp3) is 1.00. The molecular formula is C13H25NO3S. The molecule has 1 saturated heterocycles. The minimum atomic E-state index is -2.92. The molecule has 0 aromatic heterocycles. The van der Waals surface area contributed by atoms with Crippen LogP contribution in [-0.4, -0.2) is 57.2 Å². The van der Waals surface area contributed by atoms with Gasteiger partial charge in [0.1, 0.15) is 0 Å². The zero-order valence-electron chi connectivity index (χ0n) is 11.5. The van der Waals surface area contributed by atoms with Gasteiger partial charge in [-0.05, 0) is 39.2 Å². The van der Waals surface area contributed by atoms with Crippen LogP contribution in [0.25, 0.3) is 0 Å². The summed E-state index contributed by atoms with van der Waals surface area (Å²) >= 11 is 0. The van der Waals surface area contributed by atoms with E-state index >= 15 is 0 Å². The molecular weight excluding hydrogens is 250 g/mol. The van der Waals surface area contributed by atoms with E-state index < -0.39 is 9.84 Å². The summed E-state index contributed by atoms with van der Waals surface area (Å²) in [6.45, 7) is 1.73. The van der Waals surface area contributed by atoms with Gasteiger partial charge in [-0.1, -0.05) is 6.42 Å². The first kappa shape index (κ1) is 14.3. The molecule has 2 rings (SSSR count). The molecule has 0 spiro atoms. The third-order valence-corrected chi connectivity index (χ3v) is 5.95. The van der Waals surface area contributed by atoms with E-state index in [1.165, 1.54) is 12.7 Å². The van der Waals surface area contributed by atoms with Crippen LogP contribution in [0.5, 0.6) is 0 Å². The SMILES string of the molecule is CN(C[C@@H]1CCCCO1)[C@H]1CCC[C@@H]1S(C)(=O)=O. The van der Waals surface area contributed by atoms with E-state index in [9.17, 15) is 8.42 Å². The van der Waals surface area contributed by atoms with Crippen molar-refractivity contribution in [2.45, 2.75) is 55.9 Å². The lowest BCUT2D eigenvalue weighted by molar-refractivity contribution is -0.00749. The molecule has 1 aliphatic carbocycles. The summed E-state index contributed by atoms with van der Waals surface area (Å²) in [6.07, 6.45) is 8.03. The van der Waals surface area contributed by atoms with Gasteiger partial charge < -0.3 is 4.74 Å². The summed E-state index contributed by atoms with van der Waals surface area (Å²) in [6, 6.07) is 0.186. The molecule has 1 saturated carbocycles. The highest BCUT2D eigenvalue weighted by Crippen LogP contribution is 2.29. The molecule has 2 fully saturated rings. The number of sulfone groups is 1. The molecule has 3 atom stereocenters. The molecule has 1 aliphatic heterocycles. The first-order chi connectivity index (χ1) is 8.48. The summed E-state index contributed by atoms with van der Waals surface area (Å²) in [7, 11) is -0.872. The van der Waals surface area contributed by atoms with Crippen molar-refractivity contribution < 1.29 is 13.2 Å². The summed E-state index contributed by atoms with van der Waals surface area (Å²) in [5.41, 5.74) is 0. The number of hydrogen-bond acceptors (Lipinski definition) is 4. The lowest BCUT2D eigenvalue weighted by atomic mass is 10.1. The van der Waals surface area contributed by atoms with E-state index in [1.54, 1.807) is 0 Å². The second-order valence-electron chi connectivity index (χ2n) is 5.79. The van der Waals surface area contributed by atoms with Crippen molar-refractivity contribution in [3.63, 3.8) is 0 Å². The van der Waals surface area contributed by atoms with Gasteiger partial charge in [0.2, 0.25) is 0 Å². The molecule has 0 bridgehead atoms. The number of nitrogens with zero attached hydrogens (tertiary/aromatic N) is 1. The number of ether oxygens (including phenoxy) is 1. The largest absolute Gasteiger partial charge is 0.377 e. The van der Waals surface area contributed by atoms with Crippen molar-refractivity contribution in [2.24, 2.45) is 0 Å². The van der Waals surface area contributed by atoms with E-state index in [0.717, 1.165) is 45.3 Å². The molecule has 0 radical (unpaired) electrons. The standard InChI is InChI=1S/C13H25NO3S/c1-14(10-11-6-3-4-9-17-11)12-7-5-8-13(12)18(2,15)16/h11-13H,3-10H2,1-2H3/t11-,12-,13-/m0/s1. The maximum absolute atomic E-state index is 11.8. The molecule has 106 valence electrons. The van der Waals surface area contributed by atoms with Crippen molar-refractivity contribution in [1.29, 1.82) is 0 Å². The molecule has 0 N–H and O–H groups in total. The normalized spacial score (nSPS) is 34.1. The summed E-state index contributed by atoms with van der Waals surface area (Å²) in [4.78, 5) is 2.22. The van der Waals surface area contributed by atoms with Crippen molar-refractivity contribution in [3.8, 4) is 0 Å². The predicted molar refractivity (Wildman–Crippen MR) is 72.5 cm³/mol. The average Bonchev–Trinajstić information content (AvgIpc) is 2.79. The van der Waals surface area contributed by atoms with Gasteiger partial charge in [-0.25, -0.2) is 8.42 Å². The molecule has 4 nitrogen and oxygen atoms in total. The van der Waals surface area contributed by atoms with Crippen LogP contribution in [0.1, 0.15) is 38.5 Å². The second kappa shape index (κ2) is 5.88. The van der Waals surface area contributed by atoms with Crippen LogP contribution in [0.15, 0.2) is 0 Å². The maximum atomic E-state index is 11.8. The van der Waals surface area contributed by atoms with Crippen LogP contribution >= 0.6 is 0 Å². The Morgan fingerprint density at radius 2 is 1.94 bits per heavy atom. The zero-order chi connectivity index (χ0) is 13.2. The Labute approximate surface area is 111 Å². The Morgan fingerprint density at radius 1 is 1.17 bits per heavy atom. The lowest BCUT2D eigenvalue weighted by Gasteiger charge is -2.33. The van der Waals surface area contributed by atoms with Gasteiger partial charge in [0.05, 0.1) is 11.4 Å². The fourth-order valence-corrected chi connectivity index (χ4v) is 4.83. The Bertz CT molecular complexity index is 362. The topological polar surface area (TPSA) is 46.6 Å². The Kier molecular flexibility index (Phi) is 4.67. The van der Waals surface area contributed by atoms with E-state index in [4.69, 9.17) is 4.74 Å². The predicted octanol–water partition coefficient (Wildman–Crippen LogP) is 1.45. The van der Waals surface area contributed by atoms with E-state index in [2.05, 4.69) is 4.90 Å². The van der Waals surface area contributed by atoms with Crippen LogP contribution in [0.2, 0.25) is 0 Å². The first-order valence-electron chi connectivity index (χ1n) is 6.99. The summed E-state index contributed by atoms with van der Waals surface area (Å²) < 4.78 is 29.3. The fourth-order valence-electron chi connectivity index (χ4n) is 3.32. The molecule has 0 aromatic carbocycles. The number of hydrogen-bond donors (Lipinski definition) is 0. The molecule has 18 heavy (non-hydrogen) atoms. The summed E-state index contributed by atoms with van der Waals surface area (Å²) in [5, 5.41) is -0.175. The van der Waals surface area contributed by atoms with Crippen LogP contribution in [0.3, 0.4) is 0 Å². The van der Waals surface area contributed by atoms with Gasteiger partial charge in [0, 0.05) is 25.4 Å². The van der Waals surface area contributed by atoms with Gasteiger partial charge in [-0.15, -0.1) is 0 Å². The van der Waals surface area contributed by atoms with E-state index in [0.29, 0.717) is 6.10 Å². The van der Waals surface area contributed by atoms with Crippen LogP contribution < -0.4 is 0 Å². The van der Waals surface area contributed by atoms with Crippen LogP contribution in [0, 0.1) is 0 Å². The highest BCUT2D eigenvalue weighted by atomic mass is 32.2. The Hall–Kier alpha value is -0.130. The first-order valence-corrected chi connectivity index (χ1v) is 8.94. The highest BCUT2D eigenvalue weighted by molar-refractivity contribution is 7.91. The molecule has 0 unspecified atom stereocenters. The van der Waals surface area contributed by atoms with Gasteiger partial charge >= 0.3 is 0 Å². The van der Waals surface area contributed by atoms with E-state index in [-0.39, 0.29) is 11.3 Å². The Morgan fingerprint density at radius 3 is 2.56 bits per heavy atom. The minimum Gasteiger partial charge on any atom is -0.377 e. The average molecular weight is 275 g/mol. The highest BCUT2D eigenvalue weighted by Gasteiger charge is 2.37. The third kappa shape index (κ3) is 3.45. The maximum Gasteiger partial charge on any atom is 0.151 e. The van der Waals surface area contributed by atoms with Gasteiger partial charge in [-0.3, -0.25) is 4.90 Å². The number of likely N-dealkylation sites (N-methyl/N-ethyl adjacent to an activating group) is 1. The van der Waals surface area contributed by atoms with Crippen molar-refractivity contribution >= 4 is 9.84 Å². The van der Waals surface area contributed by atoms with Crippen LogP contribution in [-0.2, 0) is 14.6 Å². The molecule has 5 heteroatoms. The van der Waals surface area contributed by atoms with Crippen molar-refractivity contribution in [3.05, 3.63) is 0 Å². The molecule has 0 amide bonds. The molecule has 0 aromatic rings. The smallest absolute Gasteiger partial charge is 0.151 e. The second-order valence-corrected chi connectivity index (χ2v) is 8.06. The zero-order valence-corrected chi connectivity index (χ0v) is 12.3. The van der Waals surface area contributed by atoms with Gasteiger partial charge in [0.15, 0.2) is 9.84 Å². The number of rotatable bonds is 4. The third-order valence-electron chi connectivity index (χ3n) is 4.30. The Balaban J connectivity index is 1.93. The lowest BCUT2D eigenvalue weighted by Crippen LogP contribution is -2.45. The quantitative estimate of drug-likeness (QED) is 0.779. The van der Waals surface area contributed by atoms with E-state index in [1.807, 2.05) is 7.05 Å².